The number of nitrogens with zero attached hydrogens (tertiary/aromatic N) is 1. The number of hydrogen-bond acceptors (Lipinski definition) is 5. The summed E-state index contributed by atoms with van der Waals surface area (Å²) in [6, 6.07) is 5.61. The van der Waals surface area contributed by atoms with Gasteiger partial charge < -0.3 is 19.6 Å². The van der Waals surface area contributed by atoms with Crippen LogP contribution in [0.25, 0.3) is 11.5 Å². The van der Waals surface area contributed by atoms with Crippen LogP contribution in [-0.2, 0) is 20.7 Å². The van der Waals surface area contributed by atoms with Crippen LogP contribution < -0.4 is 5.32 Å². The lowest BCUT2D eigenvalue weighted by molar-refractivity contribution is -0.139. The van der Waals surface area contributed by atoms with Crippen LogP contribution in [0, 0.1) is 5.82 Å². The molecule has 0 fully saturated rings. The molecule has 2 rings (SSSR count). The number of carboxylic acids is 1. The normalized spacial score (nSPS) is 13.2. The first-order valence-corrected chi connectivity index (χ1v) is 7.53. The standard InChI is InChI=1S/C17H19FN2O5/c1-17(10-24-2,8-15(22)23)20-14(21)7-13-9-25-16(19-13)11-3-5-12(18)6-4-11/h3-6,9H,7-8,10H2,1-2H3,(H,20,21)(H,22,23). The number of aromatic nitrogens is 1. The maximum absolute atomic E-state index is 12.9. The first kappa shape index (κ1) is 18.6. The van der Waals surface area contributed by atoms with Crippen LogP contribution in [0.4, 0.5) is 4.39 Å². The molecule has 134 valence electrons. The molecule has 0 aliphatic heterocycles. The number of carbonyl (C=O) groups excluding carboxylic acids is 1. The lowest BCUT2D eigenvalue weighted by Crippen LogP contribution is -2.51. The number of halogens is 1. The summed E-state index contributed by atoms with van der Waals surface area (Å²) in [5.41, 5.74) is -0.0589. The molecule has 1 aromatic heterocycles. The fourth-order valence-corrected chi connectivity index (χ4v) is 2.44. The molecule has 0 aliphatic rings. The van der Waals surface area contributed by atoms with Crippen LogP contribution in [-0.4, -0.2) is 41.2 Å². The van der Waals surface area contributed by atoms with Crippen molar-refractivity contribution in [2.75, 3.05) is 13.7 Å². The molecule has 1 atom stereocenters. The van der Waals surface area contributed by atoms with Gasteiger partial charge in [-0.2, -0.15) is 0 Å². The molecule has 0 spiro atoms. The molecule has 7 nitrogen and oxygen atoms in total. The molecule has 0 radical (unpaired) electrons. The molecule has 1 amide bonds. The Hall–Kier alpha value is -2.74. The van der Waals surface area contributed by atoms with Crippen molar-refractivity contribution in [1.82, 2.24) is 10.3 Å². The molecular weight excluding hydrogens is 331 g/mol. The highest BCUT2D eigenvalue weighted by Crippen LogP contribution is 2.19. The van der Waals surface area contributed by atoms with E-state index in [0.717, 1.165) is 0 Å². The van der Waals surface area contributed by atoms with Crippen LogP contribution in [0.1, 0.15) is 19.0 Å². The van der Waals surface area contributed by atoms with Gasteiger partial charge in [-0.05, 0) is 31.2 Å². The van der Waals surface area contributed by atoms with E-state index in [0.29, 0.717) is 11.3 Å². The fraction of sp³-hybridized carbons (Fsp3) is 0.353. The van der Waals surface area contributed by atoms with Gasteiger partial charge >= 0.3 is 5.97 Å². The smallest absolute Gasteiger partial charge is 0.305 e. The molecular formula is C17H19FN2O5. The molecule has 2 N–H and O–H groups in total. The number of methoxy groups -OCH3 is 1. The number of amides is 1. The van der Waals surface area contributed by atoms with Gasteiger partial charge in [0.2, 0.25) is 11.8 Å². The molecule has 0 bridgehead atoms. The topological polar surface area (TPSA) is 102 Å². The summed E-state index contributed by atoms with van der Waals surface area (Å²) in [4.78, 5) is 27.3. The Morgan fingerprint density at radius 3 is 2.64 bits per heavy atom. The number of carboxylic acid groups (broad SMARTS) is 1. The Bertz CT molecular complexity index is 744. The van der Waals surface area contributed by atoms with E-state index in [1.54, 1.807) is 6.92 Å². The summed E-state index contributed by atoms with van der Waals surface area (Å²) in [7, 11) is 1.43. The highest BCUT2D eigenvalue weighted by atomic mass is 19.1. The average Bonchev–Trinajstić information content (AvgIpc) is 2.95. The third-order valence-electron chi connectivity index (χ3n) is 3.43. The number of hydrogen-bond donors (Lipinski definition) is 2. The van der Waals surface area contributed by atoms with E-state index in [1.807, 2.05) is 0 Å². The van der Waals surface area contributed by atoms with Crippen LogP contribution in [0.3, 0.4) is 0 Å². The predicted molar refractivity (Wildman–Crippen MR) is 86.3 cm³/mol. The number of benzene rings is 1. The molecule has 0 saturated heterocycles. The van der Waals surface area contributed by atoms with Gasteiger partial charge in [-0.25, -0.2) is 9.37 Å². The van der Waals surface area contributed by atoms with E-state index in [2.05, 4.69) is 10.3 Å². The summed E-state index contributed by atoms with van der Waals surface area (Å²) in [6.07, 6.45) is 0.985. The van der Waals surface area contributed by atoms with Crippen molar-refractivity contribution in [2.45, 2.75) is 25.3 Å². The number of aliphatic carboxylic acids is 1. The second-order valence-corrected chi connectivity index (χ2v) is 5.94. The van der Waals surface area contributed by atoms with Crippen LogP contribution >= 0.6 is 0 Å². The van der Waals surface area contributed by atoms with Crippen molar-refractivity contribution in [3.8, 4) is 11.5 Å². The van der Waals surface area contributed by atoms with Gasteiger partial charge in [0.15, 0.2) is 0 Å². The quantitative estimate of drug-likeness (QED) is 0.755. The third-order valence-corrected chi connectivity index (χ3v) is 3.43. The molecule has 1 heterocycles. The maximum atomic E-state index is 12.9. The Morgan fingerprint density at radius 1 is 1.36 bits per heavy atom. The molecule has 2 aromatic rings. The minimum Gasteiger partial charge on any atom is -0.481 e. The minimum atomic E-state index is -1.04. The number of ether oxygens (including phenoxy) is 1. The Labute approximate surface area is 143 Å². The minimum absolute atomic E-state index is 0.0602. The lowest BCUT2D eigenvalue weighted by Gasteiger charge is -2.28. The van der Waals surface area contributed by atoms with Crippen molar-refractivity contribution < 1.29 is 28.2 Å². The lowest BCUT2D eigenvalue weighted by atomic mass is 9.98. The van der Waals surface area contributed by atoms with Crippen molar-refractivity contribution in [2.24, 2.45) is 0 Å². The largest absolute Gasteiger partial charge is 0.481 e. The van der Waals surface area contributed by atoms with E-state index in [4.69, 9.17) is 14.3 Å². The Kier molecular flexibility index (Phi) is 5.87. The van der Waals surface area contributed by atoms with Gasteiger partial charge in [-0.1, -0.05) is 0 Å². The van der Waals surface area contributed by atoms with Crippen molar-refractivity contribution in [1.29, 1.82) is 0 Å². The molecule has 0 aliphatic carbocycles. The number of rotatable bonds is 8. The second-order valence-electron chi connectivity index (χ2n) is 5.94. The zero-order valence-corrected chi connectivity index (χ0v) is 13.9. The number of nitrogens with one attached hydrogen (secondary N) is 1. The van der Waals surface area contributed by atoms with Gasteiger partial charge in [0.25, 0.3) is 0 Å². The fourth-order valence-electron chi connectivity index (χ4n) is 2.44. The predicted octanol–water partition coefficient (Wildman–Crippen LogP) is 2.02. The molecule has 1 aromatic carbocycles. The molecule has 25 heavy (non-hydrogen) atoms. The van der Waals surface area contributed by atoms with Crippen LogP contribution in [0.5, 0.6) is 0 Å². The van der Waals surface area contributed by atoms with Gasteiger partial charge in [-0.15, -0.1) is 0 Å². The summed E-state index contributed by atoms with van der Waals surface area (Å²) in [5.74, 6) is -1.54. The number of oxazole rings is 1. The van der Waals surface area contributed by atoms with E-state index in [1.165, 1.54) is 37.6 Å². The highest BCUT2D eigenvalue weighted by molar-refractivity contribution is 5.80. The molecule has 8 heteroatoms. The van der Waals surface area contributed by atoms with E-state index in [9.17, 15) is 14.0 Å². The summed E-state index contributed by atoms with van der Waals surface area (Å²) >= 11 is 0. The highest BCUT2D eigenvalue weighted by Gasteiger charge is 2.29. The van der Waals surface area contributed by atoms with E-state index < -0.39 is 17.4 Å². The van der Waals surface area contributed by atoms with Crippen molar-refractivity contribution in [3.63, 3.8) is 0 Å². The summed E-state index contributed by atoms with van der Waals surface area (Å²) < 4.78 is 23.2. The van der Waals surface area contributed by atoms with Crippen LogP contribution in [0.2, 0.25) is 0 Å². The zero-order valence-electron chi connectivity index (χ0n) is 13.9. The maximum Gasteiger partial charge on any atom is 0.305 e. The monoisotopic (exact) mass is 350 g/mol. The van der Waals surface area contributed by atoms with Gasteiger partial charge in [0.1, 0.15) is 12.1 Å². The number of carbonyl (C=O) groups is 2. The summed E-state index contributed by atoms with van der Waals surface area (Å²) in [5, 5.41) is 11.6. The Balaban J connectivity index is 2.03. The summed E-state index contributed by atoms with van der Waals surface area (Å²) in [6.45, 7) is 1.65. The molecule has 0 saturated carbocycles. The molecule has 1 unspecified atom stereocenters. The first-order chi connectivity index (χ1) is 11.8. The van der Waals surface area contributed by atoms with Crippen LogP contribution in [0.15, 0.2) is 34.9 Å². The van der Waals surface area contributed by atoms with Crippen molar-refractivity contribution >= 4 is 11.9 Å². The SMILES string of the molecule is COCC(C)(CC(=O)O)NC(=O)Cc1coc(-c2ccc(F)cc2)n1. The zero-order chi connectivity index (χ0) is 18.4. The van der Waals surface area contributed by atoms with E-state index >= 15 is 0 Å². The Morgan fingerprint density at radius 2 is 2.04 bits per heavy atom. The van der Waals surface area contributed by atoms with Gasteiger partial charge in [0.05, 0.1) is 30.7 Å². The van der Waals surface area contributed by atoms with Gasteiger partial charge in [-0.3, -0.25) is 9.59 Å². The van der Waals surface area contributed by atoms with E-state index in [-0.39, 0.29) is 31.2 Å². The second kappa shape index (κ2) is 7.89. The average molecular weight is 350 g/mol. The van der Waals surface area contributed by atoms with Crippen molar-refractivity contribution in [3.05, 3.63) is 42.0 Å². The van der Waals surface area contributed by atoms with Gasteiger partial charge in [0, 0.05) is 12.7 Å². The first-order valence-electron chi connectivity index (χ1n) is 7.53. The third kappa shape index (κ3) is 5.39.